The molecule has 0 amide bonds. The Kier molecular flexibility index (Phi) is 4.31. The highest BCUT2D eigenvalue weighted by Gasteiger charge is 2.10. The number of carbonyl (C=O) groups is 1. The first-order valence-corrected chi connectivity index (χ1v) is 4.93. The van der Waals surface area contributed by atoms with Crippen LogP contribution >= 0.6 is 0 Å². The van der Waals surface area contributed by atoms with Gasteiger partial charge in [0.25, 0.3) is 0 Å². The van der Waals surface area contributed by atoms with Crippen molar-refractivity contribution in [2.24, 2.45) is 5.92 Å². The molecular weight excluding hydrogens is 192 g/mol. The summed E-state index contributed by atoms with van der Waals surface area (Å²) in [7, 11) is 1.65. The fraction of sp³-hybridized carbons (Fsp3) is 0.417. The molecule has 3 heteroatoms. The largest absolute Gasteiger partial charge is 0.481 e. The average molecular weight is 208 g/mol. The number of methoxy groups -OCH3 is 1. The van der Waals surface area contributed by atoms with E-state index in [2.05, 4.69) is 0 Å². The first-order chi connectivity index (χ1) is 7.13. The van der Waals surface area contributed by atoms with E-state index in [9.17, 15) is 4.79 Å². The van der Waals surface area contributed by atoms with Gasteiger partial charge in [-0.2, -0.15) is 0 Å². The first-order valence-electron chi connectivity index (χ1n) is 4.93. The van der Waals surface area contributed by atoms with Crippen LogP contribution in [0.25, 0.3) is 0 Å². The van der Waals surface area contributed by atoms with Gasteiger partial charge in [-0.1, -0.05) is 31.2 Å². The number of aliphatic carboxylic acids is 1. The maximum atomic E-state index is 10.7. The summed E-state index contributed by atoms with van der Waals surface area (Å²) in [6.07, 6.45) is 0.572. The van der Waals surface area contributed by atoms with Crippen LogP contribution in [-0.2, 0) is 22.6 Å². The Morgan fingerprint density at radius 2 is 1.87 bits per heavy atom. The molecule has 1 rings (SSSR count). The molecule has 82 valence electrons. The van der Waals surface area contributed by atoms with Crippen molar-refractivity contribution in [3.8, 4) is 0 Å². The fourth-order valence-electron chi connectivity index (χ4n) is 1.38. The predicted octanol–water partition coefficient (Wildman–Crippen LogP) is 2.10. The van der Waals surface area contributed by atoms with Gasteiger partial charge in [0.2, 0.25) is 0 Å². The quantitative estimate of drug-likeness (QED) is 0.806. The third-order valence-corrected chi connectivity index (χ3v) is 2.30. The van der Waals surface area contributed by atoms with E-state index in [1.165, 1.54) is 0 Å². The Morgan fingerprint density at radius 3 is 2.33 bits per heavy atom. The van der Waals surface area contributed by atoms with Crippen molar-refractivity contribution >= 4 is 5.97 Å². The summed E-state index contributed by atoms with van der Waals surface area (Å²) in [4.78, 5) is 10.7. The lowest BCUT2D eigenvalue weighted by Gasteiger charge is -2.06. The molecule has 1 atom stereocenters. The molecule has 0 saturated carbocycles. The molecule has 1 unspecified atom stereocenters. The smallest absolute Gasteiger partial charge is 0.306 e. The van der Waals surface area contributed by atoms with E-state index < -0.39 is 5.97 Å². The molecule has 0 saturated heterocycles. The fourth-order valence-corrected chi connectivity index (χ4v) is 1.38. The molecule has 0 fully saturated rings. The number of hydrogen-bond acceptors (Lipinski definition) is 2. The maximum absolute atomic E-state index is 10.7. The number of carboxylic acid groups (broad SMARTS) is 1. The minimum atomic E-state index is -0.754. The molecule has 1 N–H and O–H groups in total. The second kappa shape index (κ2) is 5.51. The van der Waals surface area contributed by atoms with Crippen molar-refractivity contribution in [1.82, 2.24) is 0 Å². The van der Waals surface area contributed by atoms with Gasteiger partial charge in [-0.25, -0.2) is 0 Å². The van der Waals surface area contributed by atoms with Crippen molar-refractivity contribution in [1.29, 1.82) is 0 Å². The molecule has 0 aliphatic carbocycles. The van der Waals surface area contributed by atoms with E-state index in [1.54, 1.807) is 14.0 Å². The summed E-state index contributed by atoms with van der Waals surface area (Å²) in [5.74, 6) is -1.09. The molecule has 0 aliphatic heterocycles. The van der Waals surface area contributed by atoms with Crippen LogP contribution in [-0.4, -0.2) is 18.2 Å². The molecule has 0 bridgehead atoms. The number of benzene rings is 1. The van der Waals surface area contributed by atoms with Crippen LogP contribution in [0.1, 0.15) is 18.1 Å². The van der Waals surface area contributed by atoms with Crippen molar-refractivity contribution in [2.45, 2.75) is 20.0 Å². The van der Waals surface area contributed by atoms with Gasteiger partial charge in [-0.05, 0) is 17.5 Å². The Balaban J connectivity index is 2.60. The van der Waals surface area contributed by atoms with Crippen LogP contribution in [0.4, 0.5) is 0 Å². The second-order valence-electron chi connectivity index (χ2n) is 3.69. The first kappa shape index (κ1) is 11.7. The lowest BCUT2D eigenvalue weighted by atomic mass is 10.0. The summed E-state index contributed by atoms with van der Waals surface area (Å²) in [5.41, 5.74) is 2.15. The number of ether oxygens (including phenoxy) is 1. The van der Waals surface area contributed by atoms with Crippen molar-refractivity contribution in [3.05, 3.63) is 35.4 Å². The second-order valence-corrected chi connectivity index (χ2v) is 3.69. The minimum absolute atomic E-state index is 0.335. The van der Waals surface area contributed by atoms with Gasteiger partial charge in [0.1, 0.15) is 0 Å². The SMILES string of the molecule is COCc1ccc(CC(C)C(=O)O)cc1. The van der Waals surface area contributed by atoms with Gasteiger partial charge in [0.05, 0.1) is 12.5 Å². The molecule has 1 aromatic carbocycles. The third kappa shape index (κ3) is 3.72. The van der Waals surface area contributed by atoms with Gasteiger partial charge in [0.15, 0.2) is 0 Å². The van der Waals surface area contributed by atoms with Crippen LogP contribution in [0.5, 0.6) is 0 Å². The minimum Gasteiger partial charge on any atom is -0.481 e. The predicted molar refractivity (Wildman–Crippen MR) is 57.7 cm³/mol. The van der Waals surface area contributed by atoms with Crippen molar-refractivity contribution in [3.63, 3.8) is 0 Å². The average Bonchev–Trinajstić information content (AvgIpc) is 2.21. The highest BCUT2D eigenvalue weighted by Crippen LogP contribution is 2.10. The number of carboxylic acids is 1. The molecule has 0 radical (unpaired) electrons. The van der Waals surface area contributed by atoms with E-state index >= 15 is 0 Å². The van der Waals surface area contributed by atoms with Crippen LogP contribution in [0.15, 0.2) is 24.3 Å². The van der Waals surface area contributed by atoms with Gasteiger partial charge in [-0.15, -0.1) is 0 Å². The van der Waals surface area contributed by atoms with Crippen LogP contribution in [0.3, 0.4) is 0 Å². The summed E-state index contributed by atoms with van der Waals surface area (Å²) in [6.45, 7) is 2.31. The van der Waals surface area contributed by atoms with E-state index in [0.29, 0.717) is 13.0 Å². The lowest BCUT2D eigenvalue weighted by molar-refractivity contribution is -0.141. The Hall–Kier alpha value is -1.35. The van der Waals surface area contributed by atoms with Gasteiger partial charge in [0, 0.05) is 7.11 Å². The Labute approximate surface area is 89.7 Å². The number of rotatable bonds is 5. The van der Waals surface area contributed by atoms with E-state index in [1.807, 2.05) is 24.3 Å². The van der Waals surface area contributed by atoms with Crippen molar-refractivity contribution in [2.75, 3.05) is 7.11 Å². The molecule has 0 aromatic heterocycles. The summed E-state index contributed by atoms with van der Waals surface area (Å²) in [6, 6.07) is 7.84. The molecule has 15 heavy (non-hydrogen) atoms. The Morgan fingerprint density at radius 1 is 1.33 bits per heavy atom. The standard InChI is InChI=1S/C12H16O3/c1-9(12(13)14)7-10-3-5-11(6-4-10)8-15-2/h3-6,9H,7-8H2,1-2H3,(H,13,14). The molecule has 1 aromatic rings. The zero-order valence-corrected chi connectivity index (χ0v) is 9.06. The van der Waals surface area contributed by atoms with E-state index in [-0.39, 0.29) is 5.92 Å². The molecule has 0 heterocycles. The van der Waals surface area contributed by atoms with Gasteiger partial charge >= 0.3 is 5.97 Å². The van der Waals surface area contributed by atoms with Gasteiger partial charge in [-0.3, -0.25) is 4.79 Å². The maximum Gasteiger partial charge on any atom is 0.306 e. The lowest BCUT2D eigenvalue weighted by Crippen LogP contribution is -2.12. The molecule has 0 aliphatic rings. The highest BCUT2D eigenvalue weighted by atomic mass is 16.5. The van der Waals surface area contributed by atoms with E-state index in [0.717, 1.165) is 11.1 Å². The van der Waals surface area contributed by atoms with Gasteiger partial charge < -0.3 is 9.84 Å². The Bertz CT molecular complexity index is 316. The molecule has 3 nitrogen and oxygen atoms in total. The third-order valence-electron chi connectivity index (χ3n) is 2.30. The van der Waals surface area contributed by atoms with E-state index in [4.69, 9.17) is 9.84 Å². The number of hydrogen-bond donors (Lipinski definition) is 1. The summed E-state index contributed by atoms with van der Waals surface area (Å²) in [5, 5.41) is 8.76. The summed E-state index contributed by atoms with van der Waals surface area (Å²) < 4.78 is 4.99. The highest BCUT2D eigenvalue weighted by molar-refractivity contribution is 5.69. The van der Waals surface area contributed by atoms with Crippen LogP contribution in [0.2, 0.25) is 0 Å². The normalized spacial score (nSPS) is 12.4. The molecular formula is C12H16O3. The zero-order chi connectivity index (χ0) is 11.3. The molecule has 0 spiro atoms. The summed E-state index contributed by atoms with van der Waals surface area (Å²) >= 11 is 0. The van der Waals surface area contributed by atoms with Crippen molar-refractivity contribution < 1.29 is 14.6 Å². The monoisotopic (exact) mass is 208 g/mol. The topological polar surface area (TPSA) is 46.5 Å². The zero-order valence-electron chi connectivity index (χ0n) is 9.06. The van der Waals surface area contributed by atoms with Crippen LogP contribution < -0.4 is 0 Å². The van der Waals surface area contributed by atoms with Crippen LogP contribution in [0, 0.1) is 5.92 Å².